The highest BCUT2D eigenvalue weighted by Crippen LogP contribution is 2.30. The van der Waals surface area contributed by atoms with E-state index in [0.717, 1.165) is 33.5 Å². The predicted octanol–water partition coefficient (Wildman–Crippen LogP) is 1.44. The highest BCUT2D eigenvalue weighted by atomic mass is 32.2. The number of amides is 3. The van der Waals surface area contributed by atoms with Gasteiger partial charge in [0.25, 0.3) is 5.91 Å². The van der Waals surface area contributed by atoms with Gasteiger partial charge >= 0.3 is 0 Å². The summed E-state index contributed by atoms with van der Waals surface area (Å²) in [6, 6.07) is 9.25. The Kier molecular flexibility index (Phi) is 7.79. The zero-order valence-corrected chi connectivity index (χ0v) is 20.5. The number of anilines is 2. The number of hydrogen-bond acceptors (Lipinski definition) is 7. The van der Waals surface area contributed by atoms with Gasteiger partial charge in [0.2, 0.25) is 21.8 Å². The number of nitrogens with one attached hydrogen (secondary N) is 1. The lowest BCUT2D eigenvalue weighted by molar-refractivity contribution is -0.122. The van der Waals surface area contributed by atoms with E-state index in [1.165, 1.54) is 19.1 Å². The van der Waals surface area contributed by atoms with E-state index in [9.17, 15) is 27.2 Å². The lowest BCUT2D eigenvalue weighted by Crippen LogP contribution is -2.49. The summed E-state index contributed by atoms with van der Waals surface area (Å²) in [6.45, 7) is 3.95. The van der Waals surface area contributed by atoms with Gasteiger partial charge in [0.15, 0.2) is 0 Å². The van der Waals surface area contributed by atoms with Crippen molar-refractivity contribution in [1.29, 1.82) is 0 Å². The lowest BCUT2D eigenvalue weighted by Gasteiger charge is -2.31. The van der Waals surface area contributed by atoms with Gasteiger partial charge in [-0.25, -0.2) is 17.7 Å². The third-order valence-electron chi connectivity index (χ3n) is 6.08. The van der Waals surface area contributed by atoms with Crippen LogP contribution in [0.25, 0.3) is 0 Å². The molecule has 0 spiro atoms. The first-order valence-electron chi connectivity index (χ1n) is 11.5. The molecule has 2 aliphatic rings. The summed E-state index contributed by atoms with van der Waals surface area (Å²) in [7, 11) is -4.22. The van der Waals surface area contributed by atoms with Gasteiger partial charge < -0.3 is 10.1 Å². The fourth-order valence-electron chi connectivity index (χ4n) is 4.26. The molecule has 0 aliphatic carbocycles. The van der Waals surface area contributed by atoms with E-state index < -0.39 is 33.7 Å². The van der Waals surface area contributed by atoms with Crippen molar-refractivity contribution < 1.29 is 31.9 Å². The molecule has 1 atom stereocenters. The van der Waals surface area contributed by atoms with Crippen molar-refractivity contribution in [3.63, 3.8) is 0 Å². The summed E-state index contributed by atoms with van der Waals surface area (Å²) in [5, 5.41) is 2.61. The molecule has 36 heavy (non-hydrogen) atoms. The Bertz CT molecular complexity index is 1230. The Balaban J connectivity index is 1.61. The van der Waals surface area contributed by atoms with Crippen molar-refractivity contribution in [3.8, 4) is 0 Å². The standard InChI is InChI=1S/C24H27FN4O6S/c1-17(30)26-19-4-6-20(7-5-19)29-23(31)16-22(24(29)32)28(11-10-27-12-14-35-15-13-27)36(33,34)21-8-2-18(25)3-9-21/h2-9,22H,10-16H2,1H3,(H,26,30). The van der Waals surface area contributed by atoms with Gasteiger partial charge in [-0.05, 0) is 48.5 Å². The quantitative estimate of drug-likeness (QED) is 0.526. The molecule has 0 aromatic heterocycles. The molecule has 2 heterocycles. The summed E-state index contributed by atoms with van der Waals surface area (Å²) in [5.41, 5.74) is 0.766. The molecular formula is C24H27FN4O6S. The molecule has 192 valence electrons. The van der Waals surface area contributed by atoms with Gasteiger partial charge in [-0.15, -0.1) is 0 Å². The largest absolute Gasteiger partial charge is 0.379 e. The van der Waals surface area contributed by atoms with Crippen LogP contribution in [0.1, 0.15) is 13.3 Å². The van der Waals surface area contributed by atoms with Crippen molar-refractivity contribution >= 4 is 39.1 Å². The number of benzene rings is 2. The lowest BCUT2D eigenvalue weighted by atomic mass is 10.2. The van der Waals surface area contributed by atoms with Gasteiger partial charge in [0.1, 0.15) is 11.9 Å². The molecule has 0 saturated carbocycles. The minimum atomic E-state index is -4.22. The van der Waals surface area contributed by atoms with Crippen LogP contribution >= 0.6 is 0 Å². The van der Waals surface area contributed by atoms with Crippen LogP contribution in [-0.4, -0.2) is 80.8 Å². The van der Waals surface area contributed by atoms with Crippen molar-refractivity contribution in [1.82, 2.24) is 9.21 Å². The maximum absolute atomic E-state index is 13.6. The van der Waals surface area contributed by atoms with Crippen molar-refractivity contribution in [3.05, 3.63) is 54.3 Å². The minimum absolute atomic E-state index is 0.0291. The molecule has 2 fully saturated rings. The normalized spacial score (nSPS) is 19.2. The highest BCUT2D eigenvalue weighted by Gasteiger charge is 2.47. The highest BCUT2D eigenvalue weighted by molar-refractivity contribution is 7.89. The van der Waals surface area contributed by atoms with Gasteiger partial charge in [-0.1, -0.05) is 0 Å². The average Bonchev–Trinajstić information content (AvgIpc) is 3.13. The molecule has 1 N–H and O–H groups in total. The summed E-state index contributed by atoms with van der Waals surface area (Å²) in [4.78, 5) is 40.4. The number of halogens is 1. The molecule has 3 amide bonds. The minimum Gasteiger partial charge on any atom is -0.379 e. The maximum atomic E-state index is 13.6. The van der Waals surface area contributed by atoms with Crippen molar-refractivity contribution in [2.45, 2.75) is 24.3 Å². The third kappa shape index (κ3) is 5.62. The zero-order valence-electron chi connectivity index (χ0n) is 19.7. The van der Waals surface area contributed by atoms with Crippen LogP contribution in [0.2, 0.25) is 0 Å². The van der Waals surface area contributed by atoms with E-state index in [1.807, 2.05) is 4.90 Å². The van der Waals surface area contributed by atoms with Gasteiger partial charge in [-0.3, -0.25) is 19.3 Å². The van der Waals surface area contributed by atoms with Crippen LogP contribution < -0.4 is 10.2 Å². The average molecular weight is 519 g/mol. The van der Waals surface area contributed by atoms with Crippen LogP contribution in [0.5, 0.6) is 0 Å². The number of carbonyl (C=O) groups excluding carboxylic acids is 3. The maximum Gasteiger partial charge on any atom is 0.252 e. The number of hydrogen-bond donors (Lipinski definition) is 1. The summed E-state index contributed by atoms with van der Waals surface area (Å²) < 4.78 is 47.0. The first-order chi connectivity index (χ1) is 17.2. The van der Waals surface area contributed by atoms with Gasteiger partial charge in [0.05, 0.1) is 30.2 Å². The number of imide groups is 1. The molecule has 4 rings (SSSR count). The molecule has 2 saturated heterocycles. The summed E-state index contributed by atoms with van der Waals surface area (Å²) in [5.74, 6) is -2.06. The smallest absolute Gasteiger partial charge is 0.252 e. The molecule has 12 heteroatoms. The van der Waals surface area contributed by atoms with Crippen LogP contribution in [0.4, 0.5) is 15.8 Å². The zero-order chi connectivity index (χ0) is 25.9. The van der Waals surface area contributed by atoms with Crippen molar-refractivity contribution in [2.24, 2.45) is 0 Å². The fourth-order valence-corrected chi connectivity index (χ4v) is 5.83. The van der Waals surface area contributed by atoms with Crippen LogP contribution in [-0.2, 0) is 29.1 Å². The number of nitrogens with zero attached hydrogens (tertiary/aromatic N) is 3. The van der Waals surface area contributed by atoms with E-state index in [2.05, 4.69) is 5.32 Å². The second-order valence-electron chi connectivity index (χ2n) is 8.54. The molecule has 2 aromatic rings. The van der Waals surface area contributed by atoms with Gasteiger partial charge in [0, 0.05) is 38.8 Å². The second-order valence-corrected chi connectivity index (χ2v) is 10.4. The summed E-state index contributed by atoms with van der Waals surface area (Å²) in [6.07, 6.45) is -0.324. The Hall–Kier alpha value is -3.19. The molecule has 2 aromatic carbocycles. The monoisotopic (exact) mass is 518 g/mol. The van der Waals surface area contributed by atoms with E-state index >= 15 is 0 Å². The first-order valence-corrected chi connectivity index (χ1v) is 12.9. The molecule has 0 radical (unpaired) electrons. The first kappa shape index (κ1) is 25.9. The fraction of sp³-hybridized carbons (Fsp3) is 0.375. The van der Waals surface area contributed by atoms with Crippen LogP contribution in [0, 0.1) is 5.82 Å². The third-order valence-corrected chi connectivity index (χ3v) is 8.00. The SMILES string of the molecule is CC(=O)Nc1ccc(N2C(=O)CC(N(CCN3CCOCC3)S(=O)(=O)c3ccc(F)cc3)C2=O)cc1. The number of morpholine rings is 1. The predicted molar refractivity (Wildman–Crippen MR) is 129 cm³/mol. The Morgan fingerprint density at radius 3 is 2.33 bits per heavy atom. The van der Waals surface area contributed by atoms with E-state index in [4.69, 9.17) is 4.74 Å². The van der Waals surface area contributed by atoms with Crippen LogP contribution in [0.3, 0.4) is 0 Å². The summed E-state index contributed by atoms with van der Waals surface area (Å²) >= 11 is 0. The molecular weight excluding hydrogens is 491 g/mol. The Morgan fingerprint density at radius 2 is 1.72 bits per heavy atom. The molecule has 10 nitrogen and oxygen atoms in total. The van der Waals surface area contributed by atoms with E-state index in [1.54, 1.807) is 12.1 Å². The Labute approximate surface area is 208 Å². The van der Waals surface area contributed by atoms with E-state index in [-0.39, 0.29) is 29.5 Å². The number of carbonyl (C=O) groups is 3. The molecule has 0 bridgehead atoms. The molecule has 2 aliphatic heterocycles. The molecule has 1 unspecified atom stereocenters. The number of ether oxygens (including phenoxy) is 1. The Morgan fingerprint density at radius 1 is 1.08 bits per heavy atom. The van der Waals surface area contributed by atoms with Gasteiger partial charge in [-0.2, -0.15) is 4.31 Å². The number of rotatable bonds is 8. The number of sulfonamides is 1. The topological polar surface area (TPSA) is 116 Å². The van der Waals surface area contributed by atoms with Crippen LogP contribution in [0.15, 0.2) is 53.4 Å². The van der Waals surface area contributed by atoms with E-state index in [0.29, 0.717) is 38.5 Å². The second kappa shape index (κ2) is 10.8. The van der Waals surface area contributed by atoms with Crippen molar-refractivity contribution in [2.75, 3.05) is 49.6 Å².